The molecule has 0 saturated carbocycles. The van der Waals surface area contributed by atoms with Crippen LogP contribution >= 0.6 is 0 Å². The highest BCUT2D eigenvalue weighted by Crippen LogP contribution is 2.35. The molecule has 1 aromatic rings. The van der Waals surface area contributed by atoms with Gasteiger partial charge in [-0.25, -0.2) is 0 Å². The van der Waals surface area contributed by atoms with Crippen LogP contribution in [0.15, 0.2) is 18.3 Å². The quantitative estimate of drug-likeness (QED) is 0.901. The van der Waals surface area contributed by atoms with E-state index in [0.29, 0.717) is 18.0 Å². The number of aryl methyl sites for hydroxylation is 1. The lowest BCUT2D eigenvalue weighted by atomic mass is 9.78. The van der Waals surface area contributed by atoms with Gasteiger partial charge in [-0.2, -0.15) is 0 Å². The molecule has 4 heterocycles. The monoisotopic (exact) mass is 286 g/mol. The van der Waals surface area contributed by atoms with E-state index in [1.165, 1.54) is 63.2 Å². The molecule has 1 N–H and O–H groups in total. The third kappa shape index (κ3) is 2.39. The normalized spacial score (nSPS) is 36.2. The summed E-state index contributed by atoms with van der Waals surface area (Å²) in [5.74, 6) is 0.575. The maximum absolute atomic E-state index is 4.75. The maximum Gasteiger partial charge on any atom is 0.0482 e. The zero-order chi connectivity index (χ0) is 14.2. The van der Waals surface area contributed by atoms with Crippen molar-refractivity contribution in [3.05, 3.63) is 29.6 Å². The van der Waals surface area contributed by atoms with E-state index in [1.54, 1.807) is 0 Å². The van der Waals surface area contributed by atoms with Gasteiger partial charge in [0.2, 0.25) is 0 Å². The molecule has 4 heteroatoms. The van der Waals surface area contributed by atoms with Crippen LogP contribution in [-0.4, -0.2) is 66.6 Å². The highest BCUT2D eigenvalue weighted by molar-refractivity contribution is 5.28. The number of rotatable bonds is 3. The summed E-state index contributed by atoms with van der Waals surface area (Å²) >= 11 is 0. The van der Waals surface area contributed by atoms with Gasteiger partial charge in [0, 0.05) is 62.6 Å². The van der Waals surface area contributed by atoms with E-state index in [9.17, 15) is 0 Å². The minimum Gasteiger partial charge on any atom is -0.315 e. The lowest BCUT2D eigenvalue weighted by molar-refractivity contribution is -0.00753. The summed E-state index contributed by atoms with van der Waals surface area (Å²) in [5.41, 5.74) is 2.84. The fraction of sp³-hybridized carbons (Fsp3) is 0.706. The van der Waals surface area contributed by atoms with Crippen LogP contribution in [-0.2, 0) is 6.42 Å². The average Bonchev–Trinajstić information content (AvgIpc) is 2.57. The number of nitrogens with zero attached hydrogens (tertiary/aromatic N) is 3. The summed E-state index contributed by atoms with van der Waals surface area (Å²) in [7, 11) is 2.14. The Morgan fingerprint density at radius 3 is 2.86 bits per heavy atom. The molecule has 0 aromatic carbocycles. The second-order valence-corrected chi connectivity index (χ2v) is 6.76. The van der Waals surface area contributed by atoms with Crippen molar-refractivity contribution >= 4 is 0 Å². The Morgan fingerprint density at radius 1 is 1.29 bits per heavy atom. The molecule has 0 spiro atoms. The largest absolute Gasteiger partial charge is 0.315 e. The molecule has 4 nitrogen and oxygen atoms in total. The molecule has 0 amide bonds. The fourth-order valence-corrected chi connectivity index (χ4v) is 4.65. The number of aromatic nitrogens is 1. The number of hydrogen-bond acceptors (Lipinski definition) is 4. The molecule has 21 heavy (non-hydrogen) atoms. The summed E-state index contributed by atoms with van der Waals surface area (Å²) < 4.78 is 0. The predicted molar refractivity (Wildman–Crippen MR) is 84.6 cm³/mol. The van der Waals surface area contributed by atoms with Crippen molar-refractivity contribution in [2.45, 2.75) is 37.3 Å². The van der Waals surface area contributed by atoms with E-state index in [0.717, 1.165) is 0 Å². The van der Waals surface area contributed by atoms with E-state index < -0.39 is 0 Å². The van der Waals surface area contributed by atoms with Gasteiger partial charge in [-0.15, -0.1) is 0 Å². The van der Waals surface area contributed by atoms with Gasteiger partial charge in [0.15, 0.2) is 0 Å². The molecule has 3 unspecified atom stereocenters. The Bertz CT molecular complexity index is 495. The predicted octanol–water partition coefficient (Wildman–Crippen LogP) is 1.09. The molecule has 0 radical (unpaired) electrons. The second kappa shape index (κ2) is 5.67. The van der Waals surface area contributed by atoms with Crippen LogP contribution in [0.25, 0.3) is 0 Å². The number of nitrogens with one attached hydrogen (secondary N) is 1. The first kappa shape index (κ1) is 13.7. The van der Waals surface area contributed by atoms with Crippen molar-refractivity contribution < 1.29 is 0 Å². The SMILES string of the molecule is CNC(C1CCCc2cccnc21)C1CN2CCN1CC2. The number of likely N-dealkylation sites (N-methyl/N-ethyl adjacent to an activating group) is 1. The van der Waals surface area contributed by atoms with Crippen LogP contribution in [0.4, 0.5) is 0 Å². The lowest BCUT2D eigenvalue weighted by Gasteiger charge is -2.51. The van der Waals surface area contributed by atoms with Crippen molar-refractivity contribution in [1.82, 2.24) is 20.1 Å². The third-order valence-corrected chi connectivity index (χ3v) is 5.74. The van der Waals surface area contributed by atoms with Gasteiger partial charge in [-0.3, -0.25) is 14.8 Å². The molecule has 114 valence electrons. The zero-order valence-electron chi connectivity index (χ0n) is 13.0. The average molecular weight is 286 g/mol. The van der Waals surface area contributed by atoms with Gasteiger partial charge < -0.3 is 5.32 Å². The molecule has 3 aliphatic heterocycles. The first-order chi connectivity index (χ1) is 10.4. The number of pyridine rings is 1. The Labute approximate surface area is 127 Å². The fourth-order valence-electron chi connectivity index (χ4n) is 4.65. The molecular formula is C17H26N4. The summed E-state index contributed by atoms with van der Waals surface area (Å²) in [5, 5.41) is 3.66. The van der Waals surface area contributed by atoms with Crippen LogP contribution in [0.2, 0.25) is 0 Å². The van der Waals surface area contributed by atoms with E-state index >= 15 is 0 Å². The molecular weight excluding hydrogens is 260 g/mol. The molecule has 3 atom stereocenters. The Balaban J connectivity index is 1.62. The van der Waals surface area contributed by atoms with Gasteiger partial charge in [-0.1, -0.05) is 6.07 Å². The van der Waals surface area contributed by atoms with Crippen molar-refractivity contribution in [1.29, 1.82) is 0 Å². The molecule has 1 aromatic heterocycles. The van der Waals surface area contributed by atoms with Crippen LogP contribution in [0.1, 0.15) is 30.0 Å². The van der Waals surface area contributed by atoms with Gasteiger partial charge in [0.05, 0.1) is 0 Å². The number of hydrogen-bond donors (Lipinski definition) is 1. The van der Waals surface area contributed by atoms with E-state index in [1.807, 2.05) is 6.20 Å². The molecule has 1 aliphatic carbocycles. The molecule has 3 saturated heterocycles. The van der Waals surface area contributed by atoms with Crippen molar-refractivity contribution in [2.24, 2.45) is 0 Å². The molecule has 5 rings (SSSR count). The summed E-state index contributed by atoms with van der Waals surface area (Å²) in [4.78, 5) is 10.1. The maximum atomic E-state index is 4.75. The summed E-state index contributed by atoms with van der Waals surface area (Å²) in [6, 6.07) is 5.54. The Morgan fingerprint density at radius 2 is 2.14 bits per heavy atom. The summed E-state index contributed by atoms with van der Waals surface area (Å²) in [6.07, 6.45) is 5.76. The Hall–Kier alpha value is -0.970. The van der Waals surface area contributed by atoms with E-state index in [-0.39, 0.29) is 0 Å². The van der Waals surface area contributed by atoms with Crippen LogP contribution in [0, 0.1) is 0 Å². The first-order valence-electron chi connectivity index (χ1n) is 8.44. The van der Waals surface area contributed by atoms with Crippen LogP contribution in [0.5, 0.6) is 0 Å². The lowest BCUT2D eigenvalue weighted by Crippen LogP contribution is -2.67. The minimum atomic E-state index is 0.530. The van der Waals surface area contributed by atoms with Crippen molar-refractivity contribution in [3.8, 4) is 0 Å². The Kier molecular flexibility index (Phi) is 3.69. The number of piperazine rings is 3. The van der Waals surface area contributed by atoms with Gasteiger partial charge in [-0.05, 0) is 37.9 Å². The molecule has 2 bridgehead atoms. The van der Waals surface area contributed by atoms with Crippen LogP contribution in [0.3, 0.4) is 0 Å². The zero-order valence-corrected chi connectivity index (χ0v) is 13.0. The minimum absolute atomic E-state index is 0.530. The van der Waals surface area contributed by atoms with Crippen molar-refractivity contribution in [3.63, 3.8) is 0 Å². The smallest absolute Gasteiger partial charge is 0.0482 e. The second-order valence-electron chi connectivity index (χ2n) is 6.76. The summed E-state index contributed by atoms with van der Waals surface area (Å²) in [6.45, 7) is 6.22. The van der Waals surface area contributed by atoms with E-state index in [4.69, 9.17) is 4.98 Å². The molecule has 4 aliphatic rings. The van der Waals surface area contributed by atoms with Gasteiger partial charge >= 0.3 is 0 Å². The van der Waals surface area contributed by atoms with E-state index in [2.05, 4.69) is 34.3 Å². The first-order valence-corrected chi connectivity index (χ1v) is 8.44. The topological polar surface area (TPSA) is 31.4 Å². The van der Waals surface area contributed by atoms with Gasteiger partial charge in [0.25, 0.3) is 0 Å². The highest BCUT2D eigenvalue weighted by atomic mass is 15.4. The standard InChI is InChI=1S/C17H26N4/c1-18-17(15-12-20-8-10-21(15)11-9-20)14-6-2-4-13-5-3-7-19-16(13)14/h3,5,7,14-15,17-18H,2,4,6,8-12H2,1H3. The number of fused-ring (bicyclic) bond motifs is 4. The molecule has 3 fully saturated rings. The van der Waals surface area contributed by atoms with Crippen molar-refractivity contribution in [2.75, 3.05) is 39.8 Å². The highest BCUT2D eigenvalue weighted by Gasteiger charge is 2.41. The third-order valence-electron chi connectivity index (χ3n) is 5.74. The van der Waals surface area contributed by atoms with Gasteiger partial charge in [0.1, 0.15) is 0 Å². The van der Waals surface area contributed by atoms with Crippen LogP contribution < -0.4 is 5.32 Å².